The number of benzene rings is 1. The lowest BCUT2D eigenvalue weighted by Gasteiger charge is -2.13. The predicted octanol–water partition coefficient (Wildman–Crippen LogP) is 3.60. The van der Waals surface area contributed by atoms with Crippen LogP contribution < -0.4 is 15.4 Å². The van der Waals surface area contributed by atoms with E-state index in [2.05, 4.69) is 15.4 Å². The lowest BCUT2D eigenvalue weighted by Crippen LogP contribution is -2.33. The lowest BCUT2D eigenvalue weighted by molar-refractivity contribution is -0.138. The van der Waals surface area contributed by atoms with E-state index in [0.29, 0.717) is 5.57 Å². The number of halogens is 2. The van der Waals surface area contributed by atoms with Crippen molar-refractivity contribution < 1.29 is 33.0 Å². The number of hydrogen-bond acceptors (Lipinski definition) is 6. The SMILES string of the molecule is CCOC(=O)C(NC(=O)Nc1cc(OC(=O)OC)c(Cl)cc1F)=C(C)C. The molecule has 0 aliphatic carbocycles. The zero-order valence-electron chi connectivity index (χ0n) is 14.6. The molecule has 26 heavy (non-hydrogen) atoms. The summed E-state index contributed by atoms with van der Waals surface area (Å²) in [5.74, 6) is -1.82. The van der Waals surface area contributed by atoms with Crippen molar-refractivity contribution in [2.24, 2.45) is 0 Å². The molecule has 0 atom stereocenters. The van der Waals surface area contributed by atoms with Crippen molar-refractivity contribution in [3.63, 3.8) is 0 Å². The van der Waals surface area contributed by atoms with E-state index in [4.69, 9.17) is 21.1 Å². The van der Waals surface area contributed by atoms with Gasteiger partial charge in [-0.1, -0.05) is 11.6 Å². The summed E-state index contributed by atoms with van der Waals surface area (Å²) in [6.45, 7) is 4.93. The molecular formula is C16H18ClFN2O6. The topological polar surface area (TPSA) is 103 Å². The maximum absolute atomic E-state index is 14.0. The highest BCUT2D eigenvalue weighted by molar-refractivity contribution is 6.32. The Morgan fingerprint density at radius 3 is 2.42 bits per heavy atom. The molecule has 0 aromatic heterocycles. The van der Waals surface area contributed by atoms with Crippen molar-refractivity contribution in [2.45, 2.75) is 20.8 Å². The van der Waals surface area contributed by atoms with Crippen molar-refractivity contribution in [3.05, 3.63) is 34.2 Å². The molecule has 2 N–H and O–H groups in total. The molecule has 0 saturated heterocycles. The number of hydrogen-bond donors (Lipinski definition) is 2. The van der Waals surface area contributed by atoms with Gasteiger partial charge in [0, 0.05) is 6.07 Å². The van der Waals surface area contributed by atoms with Crippen LogP contribution in [0.5, 0.6) is 5.75 Å². The Morgan fingerprint density at radius 2 is 1.88 bits per heavy atom. The highest BCUT2D eigenvalue weighted by atomic mass is 35.5. The molecule has 0 spiro atoms. The molecule has 1 aromatic rings. The Labute approximate surface area is 154 Å². The summed E-state index contributed by atoms with van der Waals surface area (Å²) in [6, 6.07) is 0.947. The van der Waals surface area contributed by atoms with Crippen LogP contribution in [0, 0.1) is 5.82 Å². The molecule has 0 aliphatic heterocycles. The standard InChI is InChI=1S/C16H18ClFN2O6/c1-5-25-14(21)13(8(2)3)20-15(22)19-11-7-12(26-16(23)24-4)9(17)6-10(11)18/h6-7H,5H2,1-4H3,(H2,19,20,22). The average Bonchev–Trinajstić information content (AvgIpc) is 2.56. The summed E-state index contributed by atoms with van der Waals surface area (Å²) in [6.07, 6.45) is -1.07. The molecule has 0 heterocycles. The number of ether oxygens (including phenoxy) is 3. The van der Waals surface area contributed by atoms with Crippen LogP contribution in [-0.4, -0.2) is 31.9 Å². The van der Waals surface area contributed by atoms with Gasteiger partial charge in [-0.25, -0.2) is 18.8 Å². The van der Waals surface area contributed by atoms with Gasteiger partial charge in [0.15, 0.2) is 5.75 Å². The number of amides is 2. The Hall–Kier alpha value is -2.81. The second kappa shape index (κ2) is 9.62. The number of esters is 1. The molecule has 142 valence electrons. The molecule has 1 rings (SSSR count). The third kappa shape index (κ3) is 5.92. The van der Waals surface area contributed by atoms with Gasteiger partial charge in [0.2, 0.25) is 0 Å². The summed E-state index contributed by atoms with van der Waals surface area (Å²) >= 11 is 5.77. The lowest BCUT2D eigenvalue weighted by atomic mass is 10.2. The van der Waals surface area contributed by atoms with Gasteiger partial charge < -0.3 is 24.8 Å². The summed E-state index contributed by atoms with van der Waals surface area (Å²) in [7, 11) is 1.09. The first-order valence-corrected chi connectivity index (χ1v) is 7.74. The first-order chi connectivity index (χ1) is 12.2. The molecular weight excluding hydrogens is 371 g/mol. The number of rotatable bonds is 5. The molecule has 8 nitrogen and oxygen atoms in total. The summed E-state index contributed by atoms with van der Waals surface area (Å²) in [5.41, 5.74) is 0.0809. The summed E-state index contributed by atoms with van der Waals surface area (Å²) in [5, 5.41) is 4.28. The molecule has 1 aromatic carbocycles. The maximum atomic E-state index is 14.0. The second-order valence-electron chi connectivity index (χ2n) is 4.99. The first kappa shape index (κ1) is 21.2. The van der Waals surface area contributed by atoms with Crippen molar-refractivity contribution in [1.82, 2.24) is 5.32 Å². The van der Waals surface area contributed by atoms with Gasteiger partial charge in [0.05, 0.1) is 24.4 Å². The normalized spacial score (nSPS) is 9.77. The largest absolute Gasteiger partial charge is 0.513 e. The number of nitrogens with one attached hydrogen (secondary N) is 2. The third-order valence-electron chi connectivity index (χ3n) is 2.85. The third-order valence-corrected chi connectivity index (χ3v) is 3.14. The van der Waals surface area contributed by atoms with Crippen LogP contribution in [0.1, 0.15) is 20.8 Å². The monoisotopic (exact) mass is 388 g/mol. The van der Waals surface area contributed by atoms with Crippen molar-refractivity contribution in [3.8, 4) is 5.75 Å². The molecule has 0 unspecified atom stereocenters. The molecule has 0 fully saturated rings. The summed E-state index contributed by atoms with van der Waals surface area (Å²) < 4.78 is 27.9. The molecule has 0 saturated carbocycles. The molecule has 2 amide bonds. The highest BCUT2D eigenvalue weighted by Crippen LogP contribution is 2.30. The van der Waals surface area contributed by atoms with Crippen LogP contribution in [0.4, 0.5) is 19.7 Å². The minimum Gasteiger partial charge on any atom is -0.461 e. The highest BCUT2D eigenvalue weighted by Gasteiger charge is 2.18. The number of methoxy groups -OCH3 is 1. The van der Waals surface area contributed by atoms with Crippen LogP contribution >= 0.6 is 11.6 Å². The Balaban J connectivity index is 2.98. The van der Waals surface area contributed by atoms with Gasteiger partial charge in [-0.2, -0.15) is 0 Å². The predicted molar refractivity (Wildman–Crippen MR) is 91.6 cm³/mol. The van der Waals surface area contributed by atoms with Gasteiger partial charge in [-0.15, -0.1) is 0 Å². The molecule has 10 heteroatoms. The van der Waals surface area contributed by atoms with Crippen molar-refractivity contribution in [1.29, 1.82) is 0 Å². The summed E-state index contributed by atoms with van der Waals surface area (Å²) in [4.78, 5) is 35.0. The van der Waals surface area contributed by atoms with E-state index in [-0.39, 0.29) is 28.8 Å². The Bertz CT molecular complexity index is 747. The van der Waals surface area contributed by atoms with Gasteiger partial charge in [0.1, 0.15) is 11.5 Å². The average molecular weight is 389 g/mol. The van der Waals surface area contributed by atoms with Crippen molar-refractivity contribution >= 4 is 35.4 Å². The molecule has 0 aliphatic rings. The van der Waals surface area contributed by atoms with Crippen LogP contribution in [0.3, 0.4) is 0 Å². The zero-order chi connectivity index (χ0) is 19.9. The fourth-order valence-electron chi connectivity index (χ4n) is 1.69. The van der Waals surface area contributed by atoms with E-state index < -0.39 is 24.0 Å². The van der Waals surface area contributed by atoms with Crippen LogP contribution in [-0.2, 0) is 14.3 Å². The van der Waals surface area contributed by atoms with E-state index >= 15 is 0 Å². The van der Waals surface area contributed by atoms with Crippen LogP contribution in [0.2, 0.25) is 5.02 Å². The van der Waals surface area contributed by atoms with Crippen LogP contribution in [0.15, 0.2) is 23.4 Å². The fraction of sp³-hybridized carbons (Fsp3) is 0.312. The number of urea groups is 1. The number of carbonyl (C=O) groups is 3. The smallest absolute Gasteiger partial charge is 0.461 e. The fourth-order valence-corrected chi connectivity index (χ4v) is 1.87. The second-order valence-corrected chi connectivity index (χ2v) is 5.40. The number of allylic oxidation sites excluding steroid dienone is 1. The van der Waals surface area contributed by atoms with Gasteiger partial charge in [-0.3, -0.25) is 0 Å². The molecule has 0 radical (unpaired) electrons. The minimum atomic E-state index is -1.07. The Kier molecular flexibility index (Phi) is 7.85. The van der Waals surface area contributed by atoms with E-state index in [0.717, 1.165) is 19.2 Å². The number of anilines is 1. The zero-order valence-corrected chi connectivity index (χ0v) is 15.3. The maximum Gasteiger partial charge on any atom is 0.513 e. The quantitative estimate of drug-likeness (QED) is 0.454. The van der Waals surface area contributed by atoms with E-state index in [1.54, 1.807) is 20.8 Å². The van der Waals surface area contributed by atoms with E-state index in [1.807, 2.05) is 0 Å². The first-order valence-electron chi connectivity index (χ1n) is 7.37. The minimum absolute atomic E-state index is 0.0789. The van der Waals surface area contributed by atoms with Crippen LogP contribution in [0.25, 0.3) is 0 Å². The van der Waals surface area contributed by atoms with Gasteiger partial charge >= 0.3 is 18.2 Å². The van der Waals surface area contributed by atoms with Gasteiger partial charge in [0.25, 0.3) is 0 Å². The Morgan fingerprint density at radius 1 is 1.23 bits per heavy atom. The van der Waals surface area contributed by atoms with E-state index in [1.165, 1.54) is 0 Å². The molecule has 0 bridgehead atoms. The van der Waals surface area contributed by atoms with E-state index in [9.17, 15) is 18.8 Å². The van der Waals surface area contributed by atoms with Gasteiger partial charge in [-0.05, 0) is 32.4 Å². The number of carbonyl (C=O) groups excluding carboxylic acids is 3. The van der Waals surface area contributed by atoms with Crippen molar-refractivity contribution in [2.75, 3.05) is 19.0 Å².